The lowest BCUT2D eigenvalue weighted by Gasteiger charge is -2.22. The zero-order chi connectivity index (χ0) is 35.0. The summed E-state index contributed by atoms with van der Waals surface area (Å²) in [6.45, 7) is 4.79. The second kappa shape index (κ2) is 10.4. The van der Waals surface area contributed by atoms with Gasteiger partial charge in [-0.2, -0.15) is 0 Å². The molecule has 0 fully saturated rings. The van der Waals surface area contributed by atoms with E-state index in [-0.39, 0.29) is 5.41 Å². The second-order valence-electron chi connectivity index (χ2n) is 15.2. The van der Waals surface area contributed by atoms with Crippen LogP contribution in [0.3, 0.4) is 0 Å². The van der Waals surface area contributed by atoms with Crippen molar-refractivity contribution in [3.8, 4) is 33.4 Å². The molecule has 0 saturated heterocycles. The molecule has 0 amide bonds. The van der Waals surface area contributed by atoms with Crippen LogP contribution in [0.2, 0.25) is 0 Å². The zero-order valence-corrected chi connectivity index (χ0v) is 30.1. The molecule has 0 aliphatic heterocycles. The molecule has 0 bridgehead atoms. The van der Waals surface area contributed by atoms with Crippen LogP contribution in [0.25, 0.3) is 108 Å². The Kier molecular flexibility index (Phi) is 5.78. The summed E-state index contributed by atoms with van der Waals surface area (Å²) in [5, 5.41) is 12.7. The fraction of sp³-hybridized carbons (Fsp3) is 0.0588. The molecular weight excluding hydrogens is 661 g/mol. The van der Waals surface area contributed by atoms with Gasteiger partial charge in [-0.15, -0.1) is 11.3 Å². The average Bonchev–Trinajstić information content (AvgIpc) is 3.83. The van der Waals surface area contributed by atoms with Crippen LogP contribution < -0.4 is 0 Å². The third-order valence-electron chi connectivity index (χ3n) is 12.0. The summed E-state index contributed by atoms with van der Waals surface area (Å²) < 4.78 is 9.12. The number of hydrogen-bond donors (Lipinski definition) is 0. The van der Waals surface area contributed by atoms with Gasteiger partial charge in [-0.3, -0.25) is 0 Å². The van der Waals surface area contributed by atoms with Crippen LogP contribution in [0.1, 0.15) is 25.0 Å². The Hall–Kier alpha value is -6.22. The molecular formula is C51H32OS. The summed E-state index contributed by atoms with van der Waals surface area (Å²) in [5.74, 6) is 0. The number of para-hydroxylation sites is 1. The smallest absolute Gasteiger partial charge is 0.136 e. The zero-order valence-electron chi connectivity index (χ0n) is 29.3. The number of rotatable bonds is 2. The number of benzene rings is 9. The van der Waals surface area contributed by atoms with Crippen molar-refractivity contribution in [3.63, 3.8) is 0 Å². The normalized spacial score (nSPS) is 13.6. The van der Waals surface area contributed by atoms with Crippen LogP contribution in [0.5, 0.6) is 0 Å². The summed E-state index contributed by atoms with van der Waals surface area (Å²) in [6, 6.07) is 58.6. The van der Waals surface area contributed by atoms with E-state index in [0.717, 1.165) is 21.9 Å². The average molecular weight is 693 g/mol. The first-order valence-electron chi connectivity index (χ1n) is 18.4. The van der Waals surface area contributed by atoms with Gasteiger partial charge in [0.25, 0.3) is 0 Å². The van der Waals surface area contributed by atoms with E-state index in [1.54, 1.807) is 0 Å². The maximum absolute atomic E-state index is 6.38. The minimum absolute atomic E-state index is 0.112. The molecule has 2 aromatic heterocycles. The quantitative estimate of drug-likeness (QED) is 0.164. The van der Waals surface area contributed by atoms with Gasteiger partial charge in [0, 0.05) is 36.4 Å². The summed E-state index contributed by atoms with van der Waals surface area (Å²) in [6.07, 6.45) is 0. The van der Waals surface area contributed by atoms with Gasteiger partial charge in [0.05, 0.1) is 0 Å². The second-order valence-corrected chi connectivity index (χ2v) is 16.2. The molecule has 1 nitrogen and oxygen atoms in total. The lowest BCUT2D eigenvalue weighted by atomic mass is 9.81. The lowest BCUT2D eigenvalue weighted by Crippen LogP contribution is -2.14. The van der Waals surface area contributed by atoms with Crippen LogP contribution in [0.15, 0.2) is 162 Å². The standard InChI is InChI=1S/C51H32OS/c1-51(2)43-24-21-30(26-41(43)42-25-29-19-23-39-34-12-8-10-18-47(34)53-50(39)40(29)28-44(42)51)48-35-13-3-5-15-37(35)49(38-16-6-4-14-36(38)48)31-20-22-33-32-11-7-9-17-45(32)52-46(33)27-31/h3-28H,1-2H3. The highest BCUT2D eigenvalue weighted by molar-refractivity contribution is 7.26. The molecule has 0 unspecified atom stereocenters. The third-order valence-corrected chi connectivity index (χ3v) is 13.3. The van der Waals surface area contributed by atoms with Gasteiger partial charge < -0.3 is 4.42 Å². The van der Waals surface area contributed by atoms with Crippen molar-refractivity contribution < 1.29 is 4.42 Å². The van der Waals surface area contributed by atoms with Gasteiger partial charge >= 0.3 is 0 Å². The van der Waals surface area contributed by atoms with Gasteiger partial charge in [-0.25, -0.2) is 0 Å². The molecule has 11 aromatic rings. The molecule has 1 aliphatic rings. The van der Waals surface area contributed by atoms with E-state index in [9.17, 15) is 0 Å². The Morgan fingerprint density at radius 2 is 0.981 bits per heavy atom. The van der Waals surface area contributed by atoms with Crippen LogP contribution in [0.4, 0.5) is 0 Å². The highest BCUT2D eigenvalue weighted by Crippen LogP contribution is 2.53. The van der Waals surface area contributed by atoms with Crippen molar-refractivity contribution in [2.24, 2.45) is 0 Å². The topological polar surface area (TPSA) is 13.1 Å². The van der Waals surface area contributed by atoms with Gasteiger partial charge in [0.1, 0.15) is 11.2 Å². The van der Waals surface area contributed by atoms with E-state index >= 15 is 0 Å². The van der Waals surface area contributed by atoms with Gasteiger partial charge in [-0.05, 0) is 119 Å². The van der Waals surface area contributed by atoms with E-state index in [1.807, 2.05) is 17.4 Å². The minimum Gasteiger partial charge on any atom is -0.456 e. The fourth-order valence-corrected chi connectivity index (χ4v) is 10.8. The van der Waals surface area contributed by atoms with Crippen molar-refractivity contribution >= 4 is 85.8 Å². The maximum atomic E-state index is 6.38. The highest BCUT2D eigenvalue weighted by atomic mass is 32.1. The van der Waals surface area contributed by atoms with E-state index in [0.29, 0.717) is 0 Å². The first kappa shape index (κ1) is 29.4. The number of thiophene rings is 1. The SMILES string of the molecule is CC1(C)c2ccc(-c3c4ccccc4c(-c4ccc5c(c4)oc4ccccc45)c4ccccc34)cc2-c2cc3ccc4c5ccccc5sc4c3cc21. The van der Waals surface area contributed by atoms with Crippen molar-refractivity contribution in [2.45, 2.75) is 19.3 Å². The molecule has 1 aliphatic carbocycles. The van der Waals surface area contributed by atoms with E-state index in [4.69, 9.17) is 4.42 Å². The van der Waals surface area contributed by atoms with Crippen molar-refractivity contribution in [1.29, 1.82) is 0 Å². The van der Waals surface area contributed by atoms with E-state index < -0.39 is 0 Å². The van der Waals surface area contributed by atoms with Crippen molar-refractivity contribution in [1.82, 2.24) is 0 Å². The lowest BCUT2D eigenvalue weighted by molar-refractivity contribution is 0.661. The monoisotopic (exact) mass is 692 g/mol. The first-order valence-corrected chi connectivity index (χ1v) is 19.2. The van der Waals surface area contributed by atoms with Crippen molar-refractivity contribution in [2.75, 3.05) is 0 Å². The maximum Gasteiger partial charge on any atom is 0.136 e. The summed E-state index contributed by atoms with van der Waals surface area (Å²) in [4.78, 5) is 0. The Morgan fingerprint density at radius 1 is 0.415 bits per heavy atom. The van der Waals surface area contributed by atoms with Crippen LogP contribution in [-0.4, -0.2) is 0 Å². The Labute approximate surface area is 310 Å². The van der Waals surface area contributed by atoms with Crippen LogP contribution >= 0.6 is 11.3 Å². The van der Waals surface area contributed by atoms with Crippen LogP contribution in [0, 0.1) is 0 Å². The van der Waals surface area contributed by atoms with Gasteiger partial charge in [-0.1, -0.05) is 129 Å². The van der Waals surface area contributed by atoms with E-state index in [2.05, 4.69) is 166 Å². The molecule has 2 heteroatoms. The number of furan rings is 1. The molecule has 9 aromatic carbocycles. The molecule has 0 saturated carbocycles. The minimum atomic E-state index is -0.112. The predicted octanol–water partition coefficient (Wildman–Crippen LogP) is 15.1. The van der Waals surface area contributed by atoms with Crippen LogP contribution in [-0.2, 0) is 5.41 Å². The molecule has 248 valence electrons. The third kappa shape index (κ3) is 3.96. The summed E-state index contributed by atoms with van der Waals surface area (Å²) in [5.41, 5.74) is 12.2. The molecule has 0 radical (unpaired) electrons. The molecule has 53 heavy (non-hydrogen) atoms. The van der Waals surface area contributed by atoms with Gasteiger partial charge in [0.2, 0.25) is 0 Å². The van der Waals surface area contributed by atoms with E-state index in [1.165, 1.54) is 97.0 Å². The van der Waals surface area contributed by atoms with Gasteiger partial charge in [0.15, 0.2) is 0 Å². The Bertz CT molecular complexity index is 3320. The molecule has 0 atom stereocenters. The number of hydrogen-bond acceptors (Lipinski definition) is 2. The molecule has 12 rings (SSSR count). The fourth-order valence-electron chi connectivity index (χ4n) is 9.54. The largest absolute Gasteiger partial charge is 0.456 e. The van der Waals surface area contributed by atoms with Crippen molar-refractivity contribution in [3.05, 3.63) is 169 Å². The molecule has 2 heterocycles. The molecule has 0 spiro atoms. The molecule has 0 N–H and O–H groups in total. The Balaban J connectivity index is 1.09. The first-order chi connectivity index (χ1) is 26.0. The highest BCUT2D eigenvalue weighted by Gasteiger charge is 2.36. The predicted molar refractivity (Wildman–Crippen MR) is 228 cm³/mol. The Morgan fingerprint density at radius 3 is 1.72 bits per heavy atom. The summed E-state index contributed by atoms with van der Waals surface area (Å²) >= 11 is 1.92. The summed E-state index contributed by atoms with van der Waals surface area (Å²) in [7, 11) is 0. The number of fused-ring (bicyclic) bond motifs is 13.